The van der Waals surface area contributed by atoms with Gasteiger partial charge in [-0.05, 0) is 6.42 Å². The summed E-state index contributed by atoms with van der Waals surface area (Å²) in [6.07, 6.45) is 0.838. The predicted molar refractivity (Wildman–Crippen MR) is 43.0 cm³/mol. The van der Waals surface area contributed by atoms with E-state index in [-0.39, 0.29) is 4.83 Å². The third-order valence-electron chi connectivity index (χ3n) is 0.683. The van der Waals surface area contributed by atoms with E-state index in [9.17, 15) is 0 Å². The van der Waals surface area contributed by atoms with Crippen molar-refractivity contribution >= 4 is 43.5 Å². The van der Waals surface area contributed by atoms with E-state index in [1.54, 1.807) is 0 Å². The molecule has 8 heavy (non-hydrogen) atoms. The third-order valence-corrected chi connectivity index (χ3v) is 2.71. The van der Waals surface area contributed by atoms with Crippen molar-refractivity contribution in [3.8, 4) is 0 Å². The highest BCUT2D eigenvalue weighted by Crippen LogP contribution is 2.13. The average Bonchev–Trinajstić information content (AvgIpc) is 1.67. The highest BCUT2D eigenvalue weighted by molar-refractivity contribution is 9.10. The van der Waals surface area contributed by atoms with Crippen molar-refractivity contribution in [3.05, 3.63) is 0 Å². The molecule has 0 fully saturated rings. The van der Waals surface area contributed by atoms with Gasteiger partial charge < -0.3 is 5.11 Å². The molecular formula is C4H7Br2ClO. The third kappa shape index (κ3) is 4.13. The van der Waals surface area contributed by atoms with Gasteiger partial charge in [0, 0.05) is 5.33 Å². The second-order valence-corrected chi connectivity index (χ2v) is 3.78. The first-order valence-corrected chi connectivity index (χ1v) is 4.68. The molecule has 0 amide bonds. The predicted octanol–water partition coefficient (Wildman–Crippen LogP) is 2.09. The smallest absolute Gasteiger partial charge is 0.140 e. The Balaban J connectivity index is 3.17. The van der Waals surface area contributed by atoms with Gasteiger partial charge in [-0.3, -0.25) is 0 Å². The molecule has 1 N–H and O–H groups in total. The normalized spacial score (nSPS) is 18.0. The van der Waals surface area contributed by atoms with E-state index in [2.05, 4.69) is 31.9 Å². The van der Waals surface area contributed by atoms with Crippen LogP contribution in [0.5, 0.6) is 0 Å². The maximum atomic E-state index is 8.65. The van der Waals surface area contributed by atoms with Crippen LogP contribution in [-0.4, -0.2) is 20.8 Å². The molecule has 0 heterocycles. The molecule has 2 atom stereocenters. The fourth-order valence-corrected chi connectivity index (χ4v) is 1.70. The zero-order valence-electron chi connectivity index (χ0n) is 4.15. The SMILES string of the molecule is OC(Cl)C(Br)CCBr. The minimum Gasteiger partial charge on any atom is -0.377 e. The van der Waals surface area contributed by atoms with E-state index >= 15 is 0 Å². The van der Waals surface area contributed by atoms with Gasteiger partial charge in [-0.25, -0.2) is 0 Å². The summed E-state index contributed by atoms with van der Waals surface area (Å²) in [6, 6.07) is 0. The van der Waals surface area contributed by atoms with Gasteiger partial charge in [-0.15, -0.1) is 0 Å². The van der Waals surface area contributed by atoms with Crippen LogP contribution in [0.3, 0.4) is 0 Å². The molecule has 0 aliphatic rings. The van der Waals surface area contributed by atoms with Gasteiger partial charge in [0.1, 0.15) is 5.56 Å². The van der Waals surface area contributed by atoms with Crippen LogP contribution in [0, 0.1) is 0 Å². The number of alkyl halides is 3. The largest absolute Gasteiger partial charge is 0.377 e. The summed E-state index contributed by atoms with van der Waals surface area (Å²) in [6.45, 7) is 0. The lowest BCUT2D eigenvalue weighted by molar-refractivity contribution is 0.253. The number of rotatable bonds is 3. The highest BCUT2D eigenvalue weighted by atomic mass is 79.9. The molecule has 0 aromatic heterocycles. The van der Waals surface area contributed by atoms with Crippen molar-refractivity contribution in [2.24, 2.45) is 0 Å². The summed E-state index contributed by atoms with van der Waals surface area (Å²) >= 11 is 11.7. The van der Waals surface area contributed by atoms with E-state index in [1.165, 1.54) is 0 Å². The fraction of sp³-hybridized carbons (Fsp3) is 1.00. The van der Waals surface area contributed by atoms with Crippen LogP contribution >= 0.6 is 43.5 Å². The molecule has 0 aromatic carbocycles. The van der Waals surface area contributed by atoms with Gasteiger partial charge in [0.25, 0.3) is 0 Å². The molecule has 0 aromatic rings. The summed E-state index contributed by atoms with van der Waals surface area (Å²) in [7, 11) is 0. The molecule has 0 radical (unpaired) electrons. The number of hydrogen-bond donors (Lipinski definition) is 1. The Hall–Kier alpha value is 1.21. The minimum absolute atomic E-state index is 0.00328. The molecule has 4 heteroatoms. The Morgan fingerprint density at radius 1 is 1.62 bits per heavy atom. The quantitative estimate of drug-likeness (QED) is 0.776. The van der Waals surface area contributed by atoms with Crippen LogP contribution in [0.4, 0.5) is 0 Å². The average molecular weight is 266 g/mol. The van der Waals surface area contributed by atoms with Crippen molar-refractivity contribution in [2.45, 2.75) is 16.8 Å². The number of halogens is 3. The van der Waals surface area contributed by atoms with E-state index in [0.717, 1.165) is 11.8 Å². The molecule has 50 valence electrons. The summed E-state index contributed by atoms with van der Waals surface area (Å²) in [5.41, 5.74) is -0.771. The first kappa shape index (κ1) is 9.21. The van der Waals surface area contributed by atoms with Crippen molar-refractivity contribution in [2.75, 3.05) is 5.33 Å². The molecule has 0 bridgehead atoms. The molecule has 0 saturated heterocycles. The van der Waals surface area contributed by atoms with Gasteiger partial charge >= 0.3 is 0 Å². The first-order chi connectivity index (χ1) is 3.68. The zero-order valence-corrected chi connectivity index (χ0v) is 8.08. The van der Waals surface area contributed by atoms with Crippen molar-refractivity contribution in [1.82, 2.24) is 0 Å². The lowest BCUT2D eigenvalue weighted by Crippen LogP contribution is -2.13. The molecule has 0 spiro atoms. The second-order valence-electron chi connectivity index (χ2n) is 1.37. The monoisotopic (exact) mass is 264 g/mol. The summed E-state index contributed by atoms with van der Waals surface area (Å²) in [4.78, 5) is 0.00328. The fourth-order valence-electron chi connectivity index (χ4n) is 0.242. The van der Waals surface area contributed by atoms with Crippen LogP contribution in [0.2, 0.25) is 0 Å². The number of aliphatic hydroxyl groups excluding tert-OH is 1. The van der Waals surface area contributed by atoms with Gasteiger partial charge in [-0.2, -0.15) is 0 Å². The van der Waals surface area contributed by atoms with Crippen LogP contribution in [0.1, 0.15) is 6.42 Å². The van der Waals surface area contributed by atoms with Gasteiger partial charge in [0.05, 0.1) is 4.83 Å². The lowest BCUT2D eigenvalue weighted by atomic mass is 10.4. The van der Waals surface area contributed by atoms with Crippen molar-refractivity contribution in [1.29, 1.82) is 0 Å². The van der Waals surface area contributed by atoms with Crippen LogP contribution in [-0.2, 0) is 0 Å². The van der Waals surface area contributed by atoms with Gasteiger partial charge in [0.15, 0.2) is 0 Å². The van der Waals surface area contributed by atoms with Crippen LogP contribution < -0.4 is 0 Å². The Labute approximate surface area is 70.7 Å². The van der Waals surface area contributed by atoms with Gasteiger partial charge in [0.2, 0.25) is 0 Å². The standard InChI is InChI=1S/C4H7Br2ClO/c5-2-1-3(6)4(7)8/h3-4,8H,1-2H2. The highest BCUT2D eigenvalue weighted by Gasteiger charge is 2.10. The Kier molecular flexibility index (Phi) is 5.79. The molecule has 0 aliphatic heterocycles. The van der Waals surface area contributed by atoms with E-state index < -0.39 is 5.56 Å². The zero-order chi connectivity index (χ0) is 6.57. The Morgan fingerprint density at radius 2 is 2.12 bits per heavy atom. The summed E-state index contributed by atoms with van der Waals surface area (Å²) < 4.78 is 0. The molecular weight excluding hydrogens is 259 g/mol. The van der Waals surface area contributed by atoms with Crippen molar-refractivity contribution < 1.29 is 5.11 Å². The number of aliphatic hydroxyl groups is 1. The Bertz CT molecular complexity index is 60.0. The van der Waals surface area contributed by atoms with E-state index in [1.807, 2.05) is 0 Å². The van der Waals surface area contributed by atoms with E-state index in [0.29, 0.717) is 0 Å². The Morgan fingerprint density at radius 3 is 2.25 bits per heavy atom. The maximum Gasteiger partial charge on any atom is 0.140 e. The maximum absolute atomic E-state index is 8.65. The molecule has 0 saturated carbocycles. The molecule has 0 aliphatic carbocycles. The second kappa shape index (κ2) is 5.03. The van der Waals surface area contributed by atoms with Crippen LogP contribution in [0.15, 0.2) is 0 Å². The molecule has 1 nitrogen and oxygen atoms in total. The molecule has 2 unspecified atom stereocenters. The first-order valence-electron chi connectivity index (χ1n) is 2.20. The minimum atomic E-state index is -0.771. The summed E-state index contributed by atoms with van der Waals surface area (Å²) in [5, 5.41) is 9.50. The van der Waals surface area contributed by atoms with Gasteiger partial charge in [-0.1, -0.05) is 43.5 Å². The number of hydrogen-bond acceptors (Lipinski definition) is 1. The topological polar surface area (TPSA) is 20.2 Å². The van der Waals surface area contributed by atoms with Crippen LogP contribution in [0.25, 0.3) is 0 Å². The van der Waals surface area contributed by atoms with Crippen molar-refractivity contribution in [3.63, 3.8) is 0 Å². The molecule has 0 rings (SSSR count). The lowest BCUT2D eigenvalue weighted by Gasteiger charge is -2.07. The summed E-state index contributed by atoms with van der Waals surface area (Å²) in [5.74, 6) is 0. The van der Waals surface area contributed by atoms with E-state index in [4.69, 9.17) is 16.7 Å².